The minimum absolute atomic E-state index is 0.0170. The van der Waals surface area contributed by atoms with Gasteiger partial charge in [-0.1, -0.05) is 101 Å². The summed E-state index contributed by atoms with van der Waals surface area (Å²) in [4.78, 5) is 40.4. The Labute approximate surface area is 415 Å². The fourth-order valence-electron chi connectivity index (χ4n) is 6.05. The Morgan fingerprint density at radius 1 is 0.710 bits per heavy atom. The quantitative estimate of drug-likeness (QED) is 0.0155. The zero-order valence-corrected chi connectivity index (χ0v) is 42.8. The predicted molar refractivity (Wildman–Crippen MR) is 271 cm³/mol. The molecular formula is C51H68Cl2N8O8. The summed E-state index contributed by atoms with van der Waals surface area (Å²) in [7, 11) is 1.45. The number of methoxy groups -OCH3 is 1. The van der Waals surface area contributed by atoms with E-state index in [4.69, 9.17) is 48.7 Å². The molecule has 9 N–H and O–H groups in total. The number of rotatable bonds is 16. The van der Waals surface area contributed by atoms with Gasteiger partial charge in [0.05, 0.1) is 54.7 Å². The van der Waals surface area contributed by atoms with Gasteiger partial charge in [-0.2, -0.15) is 5.10 Å². The van der Waals surface area contributed by atoms with Gasteiger partial charge in [-0.3, -0.25) is 30.3 Å². The van der Waals surface area contributed by atoms with Gasteiger partial charge in [0.1, 0.15) is 17.3 Å². The van der Waals surface area contributed by atoms with Crippen LogP contribution >= 0.6 is 23.2 Å². The lowest BCUT2D eigenvalue weighted by atomic mass is 9.96. The number of carbonyl (C=O) groups excluding carboxylic acids is 3. The van der Waals surface area contributed by atoms with Crippen molar-refractivity contribution in [1.29, 1.82) is 5.41 Å². The zero-order chi connectivity index (χ0) is 51.6. The molecule has 0 aliphatic heterocycles. The standard InChI is InChI=1S/C25H31ClN4O3.C21H25ClN2O4.C5H12N2O/c1-15(2)33-21-11-10-18(13-20(21)26)23(32)27-19(14-31)12-16-6-8-17(9-7-16)22-28-24(30-29-22)25(3,4)5;1-13(2)28-19-9-8-16(11-18(19)22)21(26)24-17(12-25)10-14-4-6-15(7-5-14)20(23)27-3;1-5(2,3)4(8)7-6/h6-11,13,15,19,31H,12,14H2,1-5H3,(H,27,32)(H,28,29,30);4-9,11,13,17,23,25H,10,12H2,1-3H3,(H,24,26);6H2,1-3H3,(H,7,8)/t19-;17-;/m00./s1. The predicted octanol–water partition coefficient (Wildman–Crippen LogP) is 8.00. The van der Waals surface area contributed by atoms with E-state index in [1.807, 2.05) is 64.1 Å². The molecule has 69 heavy (non-hydrogen) atoms. The van der Waals surface area contributed by atoms with Crippen molar-refractivity contribution in [2.45, 2.75) is 112 Å². The van der Waals surface area contributed by atoms with Crippen LogP contribution in [0.15, 0.2) is 84.9 Å². The van der Waals surface area contributed by atoms with Crippen molar-refractivity contribution in [3.05, 3.63) is 129 Å². The molecule has 2 atom stereocenters. The summed E-state index contributed by atoms with van der Waals surface area (Å²) in [6.45, 7) is 18.8. The normalized spacial score (nSPS) is 12.1. The number of amides is 3. The molecule has 1 heterocycles. The Bertz CT molecular complexity index is 2450. The second kappa shape index (κ2) is 26.6. The Hall–Kier alpha value is -6.04. The number of nitrogens with two attached hydrogens (primary N) is 1. The monoisotopic (exact) mass is 990 g/mol. The summed E-state index contributed by atoms with van der Waals surface area (Å²) >= 11 is 12.4. The number of aromatic nitrogens is 3. The van der Waals surface area contributed by atoms with E-state index in [9.17, 15) is 24.6 Å². The molecule has 18 heteroatoms. The maximum atomic E-state index is 12.7. The molecular weight excluding hydrogens is 924 g/mol. The van der Waals surface area contributed by atoms with Gasteiger partial charge >= 0.3 is 0 Å². The SMILES string of the molecule is CC(C)(C)C(=O)NN.CC(C)Oc1ccc(C(=O)N[C@H](CO)Cc2ccc(-c3n[nH]c(C(C)(C)C)n3)cc2)cc1Cl.COC(=N)c1ccc(C[C@@H](CO)NC(=O)c2ccc(OC(C)C)c(Cl)c2)cc1. The molecule has 0 saturated heterocycles. The van der Waals surface area contributed by atoms with E-state index in [2.05, 4.69) is 52.0 Å². The van der Waals surface area contributed by atoms with Crippen LogP contribution in [-0.2, 0) is 27.8 Å². The summed E-state index contributed by atoms with van der Waals surface area (Å²) in [6.07, 6.45) is 0.892. The van der Waals surface area contributed by atoms with Crippen LogP contribution < -0.4 is 31.4 Å². The third-order valence-electron chi connectivity index (χ3n) is 9.83. The van der Waals surface area contributed by atoms with E-state index >= 15 is 0 Å². The number of aliphatic hydroxyl groups excluding tert-OH is 2. The summed E-state index contributed by atoms with van der Waals surface area (Å²) in [5.74, 6) is 6.69. The van der Waals surface area contributed by atoms with Crippen molar-refractivity contribution in [3.8, 4) is 22.9 Å². The molecule has 4 aromatic carbocycles. The fraction of sp³-hybridized carbons (Fsp3) is 0.412. The highest BCUT2D eigenvalue weighted by molar-refractivity contribution is 6.32. The van der Waals surface area contributed by atoms with Gasteiger partial charge in [0.15, 0.2) is 5.82 Å². The number of aromatic amines is 1. The number of halogens is 2. The van der Waals surface area contributed by atoms with Gasteiger partial charge < -0.3 is 35.1 Å². The summed E-state index contributed by atoms with van der Waals surface area (Å²) in [5.41, 5.74) is 5.85. The second-order valence-corrected chi connectivity index (χ2v) is 19.5. The van der Waals surface area contributed by atoms with Crippen LogP contribution in [0, 0.1) is 10.8 Å². The fourth-order valence-corrected chi connectivity index (χ4v) is 6.51. The summed E-state index contributed by atoms with van der Waals surface area (Å²) in [5, 5.41) is 40.8. The highest BCUT2D eigenvalue weighted by Gasteiger charge is 2.21. The molecule has 0 saturated carbocycles. The molecule has 0 fully saturated rings. The van der Waals surface area contributed by atoms with Crippen molar-refractivity contribution in [2.75, 3.05) is 20.3 Å². The Morgan fingerprint density at radius 2 is 1.13 bits per heavy atom. The molecule has 0 bridgehead atoms. The first-order valence-corrected chi connectivity index (χ1v) is 23.1. The highest BCUT2D eigenvalue weighted by atomic mass is 35.5. The van der Waals surface area contributed by atoms with E-state index < -0.39 is 12.1 Å². The number of H-pyrrole nitrogens is 1. The van der Waals surface area contributed by atoms with Gasteiger partial charge in [-0.05, 0) is 100 Å². The smallest absolute Gasteiger partial charge is 0.251 e. The van der Waals surface area contributed by atoms with Crippen LogP contribution in [0.1, 0.15) is 112 Å². The molecule has 0 spiro atoms. The lowest BCUT2D eigenvalue weighted by molar-refractivity contribution is -0.128. The first-order valence-electron chi connectivity index (χ1n) is 22.4. The van der Waals surface area contributed by atoms with E-state index in [1.54, 1.807) is 69.3 Å². The highest BCUT2D eigenvalue weighted by Crippen LogP contribution is 2.28. The van der Waals surface area contributed by atoms with E-state index in [1.165, 1.54) is 7.11 Å². The minimum atomic E-state index is -0.453. The number of carbonyl (C=O) groups is 3. The van der Waals surface area contributed by atoms with Crippen molar-refractivity contribution >= 4 is 46.8 Å². The molecule has 16 nitrogen and oxygen atoms in total. The van der Waals surface area contributed by atoms with Crippen molar-refractivity contribution < 1.29 is 38.8 Å². The van der Waals surface area contributed by atoms with Gasteiger partial charge in [0, 0.05) is 33.1 Å². The first-order chi connectivity index (χ1) is 32.4. The Balaban J connectivity index is 0.000000318. The Morgan fingerprint density at radius 3 is 1.45 bits per heavy atom. The van der Waals surface area contributed by atoms with Gasteiger partial charge in [-0.15, -0.1) is 0 Å². The van der Waals surface area contributed by atoms with Crippen molar-refractivity contribution in [1.82, 2.24) is 31.2 Å². The number of hydrogen-bond donors (Lipinski definition) is 8. The van der Waals surface area contributed by atoms with Crippen LogP contribution in [0.4, 0.5) is 0 Å². The van der Waals surface area contributed by atoms with Crippen LogP contribution in [0.3, 0.4) is 0 Å². The molecule has 0 unspecified atom stereocenters. The number of nitrogens with one attached hydrogen (secondary N) is 5. The third-order valence-corrected chi connectivity index (χ3v) is 10.4. The first kappa shape index (κ1) is 57.3. The summed E-state index contributed by atoms with van der Waals surface area (Å²) in [6, 6.07) is 23.9. The number of benzene rings is 4. The molecule has 0 aliphatic carbocycles. The number of ether oxygens (including phenoxy) is 3. The molecule has 374 valence electrons. The average molecular weight is 992 g/mol. The van der Waals surface area contributed by atoms with E-state index in [-0.39, 0.29) is 59.9 Å². The maximum Gasteiger partial charge on any atom is 0.251 e. The van der Waals surface area contributed by atoms with E-state index in [0.717, 1.165) is 22.5 Å². The average Bonchev–Trinajstić information content (AvgIpc) is 3.81. The van der Waals surface area contributed by atoms with Crippen LogP contribution in [0.5, 0.6) is 11.5 Å². The number of hydrazine groups is 1. The summed E-state index contributed by atoms with van der Waals surface area (Å²) < 4.78 is 16.1. The lowest BCUT2D eigenvalue weighted by Crippen LogP contribution is -2.39. The number of nitrogens with zero attached hydrogens (tertiary/aromatic N) is 2. The van der Waals surface area contributed by atoms with Gasteiger partial charge in [0.2, 0.25) is 11.8 Å². The van der Waals surface area contributed by atoms with Crippen LogP contribution in [0.2, 0.25) is 10.0 Å². The largest absolute Gasteiger partial charge is 0.489 e. The van der Waals surface area contributed by atoms with Gasteiger partial charge in [-0.25, -0.2) is 10.8 Å². The van der Waals surface area contributed by atoms with Crippen LogP contribution in [-0.4, -0.2) is 93.6 Å². The topological polar surface area (TPSA) is 247 Å². The molecule has 3 amide bonds. The molecule has 0 radical (unpaired) electrons. The van der Waals surface area contributed by atoms with E-state index in [0.29, 0.717) is 56.9 Å². The number of hydrogen-bond acceptors (Lipinski definition) is 12. The van der Waals surface area contributed by atoms with Crippen molar-refractivity contribution in [2.24, 2.45) is 11.3 Å². The molecule has 5 rings (SSSR count). The minimum Gasteiger partial charge on any atom is -0.489 e. The van der Waals surface area contributed by atoms with Crippen molar-refractivity contribution in [3.63, 3.8) is 0 Å². The second-order valence-electron chi connectivity index (χ2n) is 18.6. The number of aliphatic hydroxyl groups is 2. The van der Waals surface area contributed by atoms with Gasteiger partial charge in [0.25, 0.3) is 11.8 Å². The molecule has 5 aromatic rings. The van der Waals surface area contributed by atoms with Crippen LogP contribution in [0.25, 0.3) is 11.4 Å². The third kappa shape index (κ3) is 18.8. The maximum absolute atomic E-state index is 12.7. The Kier molecular flexibility index (Phi) is 22.1. The molecule has 0 aliphatic rings. The molecule has 1 aromatic heterocycles. The zero-order valence-electron chi connectivity index (χ0n) is 41.3. The lowest BCUT2D eigenvalue weighted by Gasteiger charge is -2.17.